The van der Waals surface area contributed by atoms with Gasteiger partial charge in [-0.2, -0.15) is 0 Å². The Bertz CT molecular complexity index is 1070. The Balaban J connectivity index is 1.56. The van der Waals surface area contributed by atoms with Crippen LogP contribution in [-0.4, -0.2) is 42.3 Å². The molecule has 2 heterocycles. The zero-order valence-electron chi connectivity index (χ0n) is 16.2. The molecular weight excluding hydrogens is 370 g/mol. The molecule has 3 amide bonds. The maximum Gasteiger partial charge on any atom is 0.289 e. The summed E-state index contributed by atoms with van der Waals surface area (Å²) in [5.74, 6) is -0.609. The van der Waals surface area contributed by atoms with E-state index in [1.165, 1.54) is 4.90 Å². The van der Waals surface area contributed by atoms with Gasteiger partial charge in [-0.1, -0.05) is 30.3 Å². The molecule has 7 nitrogen and oxygen atoms in total. The molecule has 0 bridgehead atoms. The van der Waals surface area contributed by atoms with E-state index in [0.29, 0.717) is 17.0 Å². The lowest BCUT2D eigenvalue weighted by molar-refractivity contribution is -0.119. The van der Waals surface area contributed by atoms with Gasteiger partial charge in [0.2, 0.25) is 11.8 Å². The van der Waals surface area contributed by atoms with Crippen LogP contribution in [0.5, 0.6) is 0 Å². The molecule has 1 atom stereocenters. The zero-order valence-corrected chi connectivity index (χ0v) is 16.2. The molecule has 1 N–H and O–H groups in total. The summed E-state index contributed by atoms with van der Waals surface area (Å²) in [6, 6.07) is 15.9. The number of anilines is 2. The van der Waals surface area contributed by atoms with Crippen molar-refractivity contribution in [2.24, 2.45) is 0 Å². The molecule has 0 saturated carbocycles. The van der Waals surface area contributed by atoms with Crippen molar-refractivity contribution in [1.29, 1.82) is 0 Å². The first kappa shape index (κ1) is 18.7. The predicted molar refractivity (Wildman–Crippen MR) is 110 cm³/mol. The van der Waals surface area contributed by atoms with Crippen molar-refractivity contribution in [3.8, 4) is 0 Å². The smallest absolute Gasteiger partial charge is 0.289 e. The molecular formula is C22H21N3O4. The van der Waals surface area contributed by atoms with Crippen LogP contribution in [-0.2, 0) is 9.59 Å². The third kappa shape index (κ3) is 3.59. The summed E-state index contributed by atoms with van der Waals surface area (Å²) >= 11 is 0. The highest BCUT2D eigenvalue weighted by Crippen LogP contribution is 2.31. The number of hydrogen-bond donors (Lipinski definition) is 1. The van der Waals surface area contributed by atoms with Crippen LogP contribution in [0.15, 0.2) is 59.0 Å². The maximum absolute atomic E-state index is 13.1. The second kappa shape index (κ2) is 7.43. The number of carbonyl (C=O) groups is 3. The van der Waals surface area contributed by atoms with Gasteiger partial charge < -0.3 is 19.5 Å². The molecule has 0 fully saturated rings. The molecule has 1 aromatic heterocycles. The number of carbonyl (C=O) groups excluding carboxylic acids is 3. The van der Waals surface area contributed by atoms with Gasteiger partial charge in [0.05, 0.1) is 11.4 Å². The van der Waals surface area contributed by atoms with Crippen molar-refractivity contribution in [2.75, 3.05) is 23.8 Å². The summed E-state index contributed by atoms with van der Waals surface area (Å²) in [5.41, 5.74) is 1.83. The van der Waals surface area contributed by atoms with Crippen molar-refractivity contribution < 1.29 is 18.8 Å². The Kier molecular flexibility index (Phi) is 4.80. The summed E-state index contributed by atoms with van der Waals surface area (Å²) in [7, 11) is 1.56. The number of likely N-dealkylation sites (N-methyl/N-ethyl adjacent to an activating group) is 1. The van der Waals surface area contributed by atoms with Gasteiger partial charge in [0.25, 0.3) is 5.91 Å². The Morgan fingerprint density at radius 1 is 1.17 bits per heavy atom. The molecule has 0 spiro atoms. The fourth-order valence-corrected chi connectivity index (χ4v) is 3.59. The van der Waals surface area contributed by atoms with Gasteiger partial charge in [-0.15, -0.1) is 0 Å². The number of benzene rings is 2. The third-order valence-corrected chi connectivity index (χ3v) is 4.98. The van der Waals surface area contributed by atoms with E-state index in [0.717, 1.165) is 5.39 Å². The lowest BCUT2D eigenvalue weighted by Crippen LogP contribution is -2.45. The van der Waals surface area contributed by atoms with Gasteiger partial charge in [-0.3, -0.25) is 14.4 Å². The van der Waals surface area contributed by atoms with Gasteiger partial charge in [-0.05, 0) is 31.2 Å². The molecule has 3 aromatic rings. The molecule has 2 aromatic carbocycles. The SMILES string of the molecule is CC1CC(=O)Nc2ccccc2N1C(=O)CN(C)C(=O)c1cc2ccccc2o1. The highest BCUT2D eigenvalue weighted by molar-refractivity contribution is 6.06. The topological polar surface area (TPSA) is 82.9 Å². The minimum absolute atomic E-state index is 0.136. The normalized spacial score (nSPS) is 16.1. The average Bonchev–Trinajstić information content (AvgIpc) is 3.07. The maximum atomic E-state index is 13.1. The molecule has 148 valence electrons. The van der Waals surface area contributed by atoms with Crippen LogP contribution >= 0.6 is 0 Å². The summed E-state index contributed by atoms with van der Waals surface area (Å²) < 4.78 is 5.62. The van der Waals surface area contributed by atoms with Gasteiger partial charge >= 0.3 is 0 Å². The lowest BCUT2D eigenvalue weighted by Gasteiger charge is -2.29. The van der Waals surface area contributed by atoms with E-state index in [-0.39, 0.29) is 42.5 Å². The zero-order chi connectivity index (χ0) is 20.5. The van der Waals surface area contributed by atoms with E-state index in [1.807, 2.05) is 31.2 Å². The van der Waals surface area contributed by atoms with Crippen molar-refractivity contribution >= 4 is 40.1 Å². The van der Waals surface area contributed by atoms with E-state index in [1.54, 1.807) is 42.3 Å². The molecule has 7 heteroatoms. The standard InChI is InChI=1S/C22H21N3O4/c1-14-11-20(26)23-16-8-4-5-9-17(16)25(14)21(27)13-24(2)22(28)19-12-15-7-3-6-10-18(15)29-19/h3-10,12,14H,11,13H2,1-2H3,(H,23,26). The van der Waals surface area contributed by atoms with Gasteiger partial charge in [0.1, 0.15) is 12.1 Å². The molecule has 29 heavy (non-hydrogen) atoms. The number of rotatable bonds is 3. The number of fused-ring (bicyclic) bond motifs is 2. The predicted octanol–water partition coefficient (Wildman–Crippen LogP) is 3.27. The highest BCUT2D eigenvalue weighted by Gasteiger charge is 2.31. The van der Waals surface area contributed by atoms with Crippen molar-refractivity contribution in [2.45, 2.75) is 19.4 Å². The molecule has 1 aliphatic rings. The summed E-state index contributed by atoms with van der Waals surface area (Å²) in [5, 5.41) is 3.66. The van der Waals surface area contributed by atoms with Crippen LogP contribution in [0.25, 0.3) is 11.0 Å². The van der Waals surface area contributed by atoms with Crippen LogP contribution in [0.2, 0.25) is 0 Å². The van der Waals surface area contributed by atoms with Gasteiger partial charge in [-0.25, -0.2) is 0 Å². The van der Waals surface area contributed by atoms with Crippen LogP contribution in [0, 0.1) is 0 Å². The van der Waals surface area contributed by atoms with E-state index in [9.17, 15) is 14.4 Å². The summed E-state index contributed by atoms with van der Waals surface area (Å²) in [6.45, 7) is 1.68. The quantitative estimate of drug-likeness (QED) is 0.743. The number of amides is 3. The first-order chi connectivity index (χ1) is 13.9. The Morgan fingerprint density at radius 2 is 1.90 bits per heavy atom. The first-order valence-corrected chi connectivity index (χ1v) is 9.39. The molecule has 0 saturated heterocycles. The summed E-state index contributed by atoms with van der Waals surface area (Å²) in [4.78, 5) is 40.9. The highest BCUT2D eigenvalue weighted by atomic mass is 16.3. The number of para-hydroxylation sites is 3. The van der Waals surface area contributed by atoms with Gasteiger partial charge in [0, 0.05) is 24.9 Å². The second-order valence-corrected chi connectivity index (χ2v) is 7.19. The number of furan rings is 1. The van der Waals surface area contributed by atoms with Crippen molar-refractivity contribution in [3.63, 3.8) is 0 Å². The average molecular weight is 391 g/mol. The van der Waals surface area contributed by atoms with E-state index >= 15 is 0 Å². The fraction of sp³-hybridized carbons (Fsp3) is 0.227. The van der Waals surface area contributed by atoms with Crippen LogP contribution < -0.4 is 10.2 Å². The fourth-order valence-electron chi connectivity index (χ4n) is 3.59. The lowest BCUT2D eigenvalue weighted by atomic mass is 10.1. The van der Waals surface area contributed by atoms with E-state index < -0.39 is 0 Å². The minimum Gasteiger partial charge on any atom is -0.451 e. The second-order valence-electron chi connectivity index (χ2n) is 7.19. The van der Waals surface area contributed by atoms with E-state index in [2.05, 4.69) is 5.32 Å². The molecule has 0 radical (unpaired) electrons. The van der Waals surface area contributed by atoms with Crippen LogP contribution in [0.3, 0.4) is 0 Å². The van der Waals surface area contributed by atoms with Gasteiger partial charge in [0.15, 0.2) is 5.76 Å². The van der Waals surface area contributed by atoms with Crippen LogP contribution in [0.1, 0.15) is 23.9 Å². The Morgan fingerprint density at radius 3 is 2.69 bits per heavy atom. The van der Waals surface area contributed by atoms with Crippen molar-refractivity contribution in [1.82, 2.24) is 4.90 Å². The Labute approximate surface area is 167 Å². The molecule has 1 aliphatic heterocycles. The third-order valence-electron chi connectivity index (χ3n) is 4.98. The van der Waals surface area contributed by atoms with Crippen LogP contribution in [0.4, 0.5) is 11.4 Å². The monoisotopic (exact) mass is 391 g/mol. The molecule has 0 aliphatic carbocycles. The molecule has 1 unspecified atom stereocenters. The van der Waals surface area contributed by atoms with Crippen molar-refractivity contribution in [3.05, 3.63) is 60.4 Å². The summed E-state index contributed by atoms with van der Waals surface area (Å²) in [6.07, 6.45) is 0.182. The number of hydrogen-bond acceptors (Lipinski definition) is 4. The number of nitrogens with one attached hydrogen (secondary N) is 1. The Hall–Kier alpha value is -3.61. The number of nitrogens with zero attached hydrogens (tertiary/aromatic N) is 2. The van der Waals surface area contributed by atoms with E-state index in [4.69, 9.17) is 4.42 Å². The largest absolute Gasteiger partial charge is 0.451 e. The molecule has 4 rings (SSSR count). The minimum atomic E-state index is -0.375. The first-order valence-electron chi connectivity index (χ1n) is 9.39.